The number of carboxylic acid groups (broad SMARTS) is 1. The van der Waals surface area contributed by atoms with E-state index in [0.29, 0.717) is 0 Å². The summed E-state index contributed by atoms with van der Waals surface area (Å²) >= 11 is 2.97. The van der Waals surface area contributed by atoms with Crippen molar-refractivity contribution in [2.24, 2.45) is 0 Å². The Hall–Kier alpha value is -2.50. The van der Waals surface area contributed by atoms with Gasteiger partial charge in [0.05, 0.1) is 17.0 Å². The maximum atomic E-state index is 14.5. The Morgan fingerprint density at radius 3 is 2.55 bits per heavy atom. The SMILES string of the molecule is CC(C)(C)OC(=O)N1CCC(F)(F)[C@@H](Nc2c(C(=O)O)cc(Br)cc2[N+](=O)[O-])C1. The highest BCUT2D eigenvalue weighted by atomic mass is 79.9. The van der Waals surface area contributed by atoms with E-state index in [-0.39, 0.29) is 11.0 Å². The van der Waals surface area contributed by atoms with Gasteiger partial charge in [-0.2, -0.15) is 0 Å². The summed E-state index contributed by atoms with van der Waals surface area (Å²) < 4.78 is 34.3. The molecule has 2 N–H and O–H groups in total. The molecule has 1 heterocycles. The molecule has 1 aromatic rings. The zero-order valence-corrected chi connectivity index (χ0v) is 17.5. The second-order valence-corrected chi connectivity index (χ2v) is 8.46. The average molecular weight is 480 g/mol. The lowest BCUT2D eigenvalue weighted by atomic mass is 9.99. The number of aromatic carboxylic acids is 1. The highest BCUT2D eigenvalue weighted by molar-refractivity contribution is 9.10. The topological polar surface area (TPSA) is 122 Å². The molecule has 0 aliphatic carbocycles. The van der Waals surface area contributed by atoms with Crippen LogP contribution in [0.3, 0.4) is 0 Å². The number of hydrogen-bond acceptors (Lipinski definition) is 6. The third-order valence-electron chi connectivity index (χ3n) is 4.11. The fourth-order valence-electron chi connectivity index (χ4n) is 2.78. The number of hydrogen-bond donors (Lipinski definition) is 2. The van der Waals surface area contributed by atoms with Gasteiger partial charge in [0.25, 0.3) is 11.6 Å². The standard InChI is InChI=1S/C17H20BrF2N3O6/c1-16(2,3)29-15(26)22-5-4-17(19,20)12(8-22)21-13-10(14(24)25)6-9(18)7-11(13)23(27)28/h6-7,12,21H,4-5,8H2,1-3H3,(H,24,25)/t12-/m0/s1. The predicted octanol–water partition coefficient (Wildman–Crippen LogP) is 4.11. The van der Waals surface area contributed by atoms with Crippen molar-refractivity contribution < 1.29 is 33.1 Å². The Kier molecular flexibility index (Phi) is 6.36. The fourth-order valence-corrected chi connectivity index (χ4v) is 3.22. The van der Waals surface area contributed by atoms with Crippen molar-refractivity contribution in [2.45, 2.75) is 44.8 Å². The highest BCUT2D eigenvalue weighted by Crippen LogP contribution is 2.37. The maximum absolute atomic E-state index is 14.5. The number of rotatable bonds is 4. The van der Waals surface area contributed by atoms with Gasteiger partial charge in [-0.05, 0) is 26.8 Å². The zero-order chi connectivity index (χ0) is 22.1. The molecule has 0 radical (unpaired) electrons. The van der Waals surface area contributed by atoms with Crippen molar-refractivity contribution in [2.75, 3.05) is 18.4 Å². The first-order valence-electron chi connectivity index (χ1n) is 8.55. The van der Waals surface area contributed by atoms with Gasteiger partial charge in [0.2, 0.25) is 0 Å². The van der Waals surface area contributed by atoms with Gasteiger partial charge in [0.15, 0.2) is 0 Å². The van der Waals surface area contributed by atoms with E-state index in [1.165, 1.54) is 0 Å². The van der Waals surface area contributed by atoms with E-state index in [9.17, 15) is 33.6 Å². The number of halogens is 3. The van der Waals surface area contributed by atoms with Crippen molar-refractivity contribution in [1.29, 1.82) is 0 Å². The Balaban J connectivity index is 2.39. The number of anilines is 1. The number of likely N-dealkylation sites (tertiary alicyclic amines) is 1. The van der Waals surface area contributed by atoms with Crippen LogP contribution in [-0.4, -0.2) is 57.6 Å². The van der Waals surface area contributed by atoms with Gasteiger partial charge in [-0.1, -0.05) is 15.9 Å². The van der Waals surface area contributed by atoms with Crippen LogP contribution in [0.1, 0.15) is 37.6 Å². The Labute approximate surface area is 173 Å². The first kappa shape index (κ1) is 22.8. The van der Waals surface area contributed by atoms with Gasteiger partial charge in [-0.25, -0.2) is 18.4 Å². The van der Waals surface area contributed by atoms with Crippen molar-refractivity contribution in [3.63, 3.8) is 0 Å². The number of benzene rings is 1. The minimum absolute atomic E-state index is 0.109. The summed E-state index contributed by atoms with van der Waals surface area (Å²) in [7, 11) is 0. The van der Waals surface area contributed by atoms with Gasteiger partial charge in [-0.3, -0.25) is 10.1 Å². The fraction of sp³-hybridized carbons (Fsp3) is 0.529. The van der Waals surface area contributed by atoms with E-state index >= 15 is 0 Å². The van der Waals surface area contributed by atoms with Crippen molar-refractivity contribution in [3.05, 3.63) is 32.3 Å². The Morgan fingerprint density at radius 1 is 1.41 bits per heavy atom. The predicted molar refractivity (Wildman–Crippen MR) is 103 cm³/mol. The van der Waals surface area contributed by atoms with Crippen LogP contribution in [-0.2, 0) is 4.74 Å². The summed E-state index contributed by atoms with van der Waals surface area (Å²) in [6, 6.07) is 0.341. The number of amides is 1. The number of alkyl halides is 2. The van der Waals surface area contributed by atoms with Gasteiger partial charge in [-0.15, -0.1) is 0 Å². The van der Waals surface area contributed by atoms with Gasteiger partial charge in [0, 0.05) is 23.5 Å². The Bertz CT molecular complexity index is 808. The van der Waals surface area contributed by atoms with Crippen LogP contribution < -0.4 is 5.32 Å². The highest BCUT2D eigenvalue weighted by Gasteiger charge is 2.47. The molecule has 2 rings (SSSR count). The average Bonchev–Trinajstić information content (AvgIpc) is 2.55. The van der Waals surface area contributed by atoms with Crippen LogP contribution in [0.5, 0.6) is 0 Å². The number of carbonyl (C=O) groups is 2. The molecule has 1 aliphatic heterocycles. The second kappa shape index (κ2) is 8.09. The smallest absolute Gasteiger partial charge is 0.410 e. The molecule has 160 valence electrons. The molecular weight excluding hydrogens is 460 g/mol. The van der Waals surface area contributed by atoms with Gasteiger partial charge in [0.1, 0.15) is 17.3 Å². The van der Waals surface area contributed by atoms with E-state index in [0.717, 1.165) is 17.0 Å². The first-order chi connectivity index (χ1) is 13.2. The first-order valence-corrected chi connectivity index (χ1v) is 9.34. The lowest BCUT2D eigenvalue weighted by molar-refractivity contribution is -0.384. The second-order valence-electron chi connectivity index (χ2n) is 7.54. The van der Waals surface area contributed by atoms with E-state index in [2.05, 4.69) is 21.2 Å². The third-order valence-corrected chi connectivity index (χ3v) is 4.57. The van der Waals surface area contributed by atoms with E-state index in [1.54, 1.807) is 20.8 Å². The van der Waals surface area contributed by atoms with Crippen molar-refractivity contribution in [1.82, 2.24) is 4.90 Å². The molecule has 0 bridgehead atoms. The molecule has 0 unspecified atom stereocenters. The number of nitro groups is 1. The number of piperidine rings is 1. The number of carboxylic acids is 1. The summed E-state index contributed by atoms with van der Waals surface area (Å²) in [6.07, 6.45) is -1.51. The minimum atomic E-state index is -3.34. The third kappa shape index (κ3) is 5.52. The summed E-state index contributed by atoms with van der Waals surface area (Å²) in [6.45, 7) is 4.10. The number of ether oxygens (including phenoxy) is 1. The molecule has 29 heavy (non-hydrogen) atoms. The lowest BCUT2D eigenvalue weighted by Gasteiger charge is -2.39. The van der Waals surface area contributed by atoms with Crippen LogP contribution in [0.2, 0.25) is 0 Å². The van der Waals surface area contributed by atoms with Gasteiger partial charge >= 0.3 is 12.1 Å². The largest absolute Gasteiger partial charge is 0.478 e. The zero-order valence-electron chi connectivity index (χ0n) is 15.9. The van der Waals surface area contributed by atoms with Crippen LogP contribution in [0.15, 0.2) is 16.6 Å². The van der Waals surface area contributed by atoms with Gasteiger partial charge < -0.3 is 20.1 Å². The molecule has 1 aliphatic rings. The lowest BCUT2D eigenvalue weighted by Crippen LogP contribution is -2.56. The number of nitrogens with one attached hydrogen (secondary N) is 1. The normalized spacial score (nSPS) is 18.8. The number of nitrogens with zero attached hydrogens (tertiary/aromatic N) is 2. The van der Waals surface area contributed by atoms with Crippen LogP contribution in [0.4, 0.5) is 25.0 Å². The van der Waals surface area contributed by atoms with Crippen molar-refractivity contribution >= 4 is 39.4 Å². The molecule has 1 saturated heterocycles. The van der Waals surface area contributed by atoms with E-state index < -0.39 is 64.5 Å². The number of nitro benzene ring substituents is 1. The van der Waals surface area contributed by atoms with E-state index in [4.69, 9.17) is 4.74 Å². The van der Waals surface area contributed by atoms with E-state index in [1.807, 2.05) is 0 Å². The van der Waals surface area contributed by atoms with Crippen LogP contribution in [0.25, 0.3) is 0 Å². The molecule has 0 saturated carbocycles. The monoisotopic (exact) mass is 479 g/mol. The summed E-state index contributed by atoms with van der Waals surface area (Å²) in [4.78, 5) is 35.3. The molecule has 0 aromatic heterocycles. The summed E-state index contributed by atoms with van der Waals surface area (Å²) in [5, 5.41) is 23.0. The summed E-state index contributed by atoms with van der Waals surface area (Å²) in [5.74, 6) is -4.87. The Morgan fingerprint density at radius 2 is 2.03 bits per heavy atom. The maximum Gasteiger partial charge on any atom is 0.410 e. The van der Waals surface area contributed by atoms with Crippen LogP contribution >= 0.6 is 15.9 Å². The molecular formula is C17H20BrF2N3O6. The molecule has 1 fully saturated rings. The molecule has 1 aromatic carbocycles. The molecule has 9 nitrogen and oxygen atoms in total. The van der Waals surface area contributed by atoms with Crippen LogP contribution in [0, 0.1) is 10.1 Å². The summed E-state index contributed by atoms with van der Waals surface area (Å²) in [5.41, 5.74) is -2.61. The molecule has 1 atom stereocenters. The minimum Gasteiger partial charge on any atom is -0.478 e. The molecule has 12 heteroatoms. The molecule has 0 spiro atoms. The van der Waals surface area contributed by atoms with Crippen molar-refractivity contribution in [3.8, 4) is 0 Å². The quantitative estimate of drug-likeness (QED) is 0.491. The number of carbonyl (C=O) groups excluding carboxylic acids is 1. The molecule has 1 amide bonds.